The average molecular weight is 467 g/mol. The molecule has 0 fully saturated rings. The third-order valence-corrected chi connectivity index (χ3v) is 6.98. The van der Waals surface area contributed by atoms with Gasteiger partial charge in [-0.2, -0.15) is 10.1 Å². The van der Waals surface area contributed by atoms with Crippen LogP contribution < -0.4 is 10.3 Å². The Balaban J connectivity index is 1.55. The van der Waals surface area contributed by atoms with Crippen molar-refractivity contribution in [2.24, 2.45) is 11.0 Å². The molecule has 0 aliphatic carbocycles. The van der Waals surface area contributed by atoms with E-state index in [0.29, 0.717) is 17.2 Å². The molecule has 2 heterocycles. The van der Waals surface area contributed by atoms with E-state index in [9.17, 15) is 18.0 Å². The quantitative estimate of drug-likeness (QED) is 0.561. The predicted octanol–water partition coefficient (Wildman–Crippen LogP) is 3.17. The summed E-state index contributed by atoms with van der Waals surface area (Å²) in [6, 6.07) is 16.5. The summed E-state index contributed by atoms with van der Waals surface area (Å²) in [7, 11) is -0.847. The number of carbonyl (C=O) groups is 2. The lowest BCUT2D eigenvalue weighted by atomic mass is 10.0. The molecule has 1 unspecified atom stereocenters. The largest absolute Gasteiger partial charge is 0.464 e. The van der Waals surface area contributed by atoms with Gasteiger partial charge in [-0.05, 0) is 49.4 Å². The van der Waals surface area contributed by atoms with Crippen molar-refractivity contribution in [2.75, 3.05) is 24.4 Å². The zero-order valence-corrected chi connectivity index (χ0v) is 19.0. The molecular formula is C23H22N4O5S. The Morgan fingerprint density at radius 2 is 1.85 bits per heavy atom. The summed E-state index contributed by atoms with van der Waals surface area (Å²) >= 11 is 0. The van der Waals surface area contributed by atoms with E-state index in [4.69, 9.17) is 4.42 Å². The Labute approximate surface area is 191 Å². The number of hydrazone groups is 1. The number of sulfonamides is 1. The molecule has 2 amide bonds. The van der Waals surface area contributed by atoms with Gasteiger partial charge >= 0.3 is 0 Å². The van der Waals surface area contributed by atoms with Gasteiger partial charge in [0.05, 0.1) is 22.6 Å². The highest BCUT2D eigenvalue weighted by atomic mass is 32.2. The summed E-state index contributed by atoms with van der Waals surface area (Å²) in [5.74, 6) is -1.57. The van der Waals surface area contributed by atoms with E-state index in [2.05, 4.69) is 10.4 Å². The molecule has 3 aromatic rings. The standard InChI is InChI=1S/C23H22N4O5S/c1-15-21(22(28)24-17-8-4-7-16(13-17)20-11-6-12-32-20)23(29)27(25-15)18-9-5-10-19(14-18)33(30,31)26(2)3/h4-14,21H,1-3H3,(H,24,28). The summed E-state index contributed by atoms with van der Waals surface area (Å²) in [4.78, 5) is 26.1. The van der Waals surface area contributed by atoms with E-state index in [1.807, 2.05) is 6.07 Å². The van der Waals surface area contributed by atoms with Gasteiger partial charge in [0.1, 0.15) is 5.76 Å². The summed E-state index contributed by atoms with van der Waals surface area (Å²) in [6.07, 6.45) is 1.56. The number of nitrogens with zero attached hydrogens (tertiary/aromatic N) is 3. The number of hydrogen-bond donors (Lipinski definition) is 1. The Morgan fingerprint density at radius 3 is 2.55 bits per heavy atom. The van der Waals surface area contributed by atoms with Crippen LogP contribution in [0.2, 0.25) is 0 Å². The van der Waals surface area contributed by atoms with Crippen molar-refractivity contribution in [3.63, 3.8) is 0 Å². The van der Waals surface area contributed by atoms with Crippen molar-refractivity contribution in [1.29, 1.82) is 0 Å². The number of rotatable bonds is 6. The normalized spacial score (nSPS) is 16.2. The lowest BCUT2D eigenvalue weighted by Gasteiger charge is -2.17. The molecule has 1 aliphatic heterocycles. The lowest BCUT2D eigenvalue weighted by molar-refractivity contribution is -0.127. The molecule has 1 aliphatic rings. The molecule has 1 atom stereocenters. The van der Waals surface area contributed by atoms with Crippen LogP contribution in [0, 0.1) is 5.92 Å². The van der Waals surface area contributed by atoms with Crippen LogP contribution in [0.25, 0.3) is 11.3 Å². The number of nitrogens with one attached hydrogen (secondary N) is 1. The fourth-order valence-electron chi connectivity index (χ4n) is 3.45. The molecule has 0 saturated carbocycles. The molecule has 1 N–H and O–H groups in total. The smallest absolute Gasteiger partial charge is 0.265 e. The van der Waals surface area contributed by atoms with E-state index in [0.717, 1.165) is 14.9 Å². The van der Waals surface area contributed by atoms with Crippen molar-refractivity contribution in [2.45, 2.75) is 11.8 Å². The van der Waals surface area contributed by atoms with Gasteiger partial charge in [0.2, 0.25) is 15.9 Å². The molecule has 2 aromatic carbocycles. The number of amides is 2. The maximum absolute atomic E-state index is 13.1. The van der Waals surface area contributed by atoms with Crippen molar-refractivity contribution in [1.82, 2.24) is 4.31 Å². The van der Waals surface area contributed by atoms with Crippen LogP contribution in [-0.2, 0) is 19.6 Å². The SMILES string of the molecule is CC1=NN(c2cccc(S(=O)(=O)N(C)C)c2)C(=O)C1C(=O)Nc1cccc(-c2ccco2)c1. The van der Waals surface area contributed by atoms with Crippen LogP contribution >= 0.6 is 0 Å². The highest BCUT2D eigenvalue weighted by molar-refractivity contribution is 7.89. The predicted molar refractivity (Wildman–Crippen MR) is 124 cm³/mol. The number of anilines is 2. The van der Waals surface area contributed by atoms with Crippen molar-refractivity contribution < 1.29 is 22.4 Å². The van der Waals surface area contributed by atoms with E-state index in [1.165, 1.54) is 32.3 Å². The second-order valence-electron chi connectivity index (χ2n) is 7.66. The van der Waals surface area contributed by atoms with E-state index >= 15 is 0 Å². The summed E-state index contributed by atoms with van der Waals surface area (Å²) in [5, 5.41) is 8.05. The van der Waals surface area contributed by atoms with Crippen LogP contribution in [-0.4, -0.2) is 44.3 Å². The first-order valence-corrected chi connectivity index (χ1v) is 11.5. The molecule has 1 aromatic heterocycles. The summed E-state index contributed by atoms with van der Waals surface area (Å²) in [6.45, 7) is 1.59. The van der Waals surface area contributed by atoms with Crippen LogP contribution in [0.15, 0.2) is 81.3 Å². The highest BCUT2D eigenvalue weighted by Gasteiger charge is 2.40. The Bertz CT molecular complexity index is 1350. The minimum Gasteiger partial charge on any atom is -0.464 e. The third-order valence-electron chi connectivity index (χ3n) is 5.17. The van der Waals surface area contributed by atoms with Gasteiger partial charge in [-0.3, -0.25) is 9.59 Å². The third kappa shape index (κ3) is 4.30. The van der Waals surface area contributed by atoms with Crippen LogP contribution in [0.4, 0.5) is 11.4 Å². The summed E-state index contributed by atoms with van der Waals surface area (Å²) in [5.41, 5.74) is 1.85. The molecule has 9 nitrogen and oxygen atoms in total. The van der Waals surface area contributed by atoms with Gasteiger partial charge in [-0.25, -0.2) is 12.7 Å². The molecule has 33 heavy (non-hydrogen) atoms. The number of carbonyl (C=O) groups excluding carboxylic acids is 2. The maximum atomic E-state index is 13.1. The minimum atomic E-state index is -3.69. The van der Waals surface area contributed by atoms with Gasteiger partial charge in [-0.1, -0.05) is 18.2 Å². The maximum Gasteiger partial charge on any atom is 0.265 e. The Hall–Kier alpha value is -3.76. The fourth-order valence-corrected chi connectivity index (χ4v) is 4.39. The van der Waals surface area contributed by atoms with E-state index in [-0.39, 0.29) is 10.6 Å². The number of benzene rings is 2. The first-order chi connectivity index (χ1) is 15.7. The number of furan rings is 1. The second-order valence-corrected chi connectivity index (χ2v) is 9.81. The molecule has 0 bridgehead atoms. The molecule has 4 rings (SSSR count). The van der Waals surface area contributed by atoms with Crippen LogP contribution in [0.5, 0.6) is 0 Å². The molecule has 10 heteroatoms. The van der Waals surface area contributed by atoms with Crippen molar-refractivity contribution in [3.05, 3.63) is 66.9 Å². The van der Waals surface area contributed by atoms with Gasteiger partial charge in [0, 0.05) is 25.3 Å². The van der Waals surface area contributed by atoms with Crippen LogP contribution in [0.3, 0.4) is 0 Å². The topological polar surface area (TPSA) is 112 Å². The Kier molecular flexibility index (Phi) is 5.88. The van der Waals surface area contributed by atoms with Gasteiger partial charge in [-0.15, -0.1) is 0 Å². The average Bonchev–Trinajstić information content (AvgIpc) is 3.42. The van der Waals surface area contributed by atoms with E-state index < -0.39 is 27.8 Å². The highest BCUT2D eigenvalue weighted by Crippen LogP contribution is 2.28. The van der Waals surface area contributed by atoms with Crippen LogP contribution in [0.1, 0.15) is 6.92 Å². The minimum absolute atomic E-state index is 0.0216. The zero-order valence-electron chi connectivity index (χ0n) is 18.2. The second kappa shape index (κ2) is 8.64. The first kappa shape index (κ1) is 22.4. The Morgan fingerprint density at radius 1 is 1.09 bits per heavy atom. The van der Waals surface area contributed by atoms with E-state index in [1.54, 1.807) is 49.6 Å². The van der Waals surface area contributed by atoms with Gasteiger partial charge in [0.15, 0.2) is 5.92 Å². The number of hydrogen-bond acceptors (Lipinski definition) is 6. The fraction of sp³-hybridized carbons (Fsp3) is 0.174. The van der Waals surface area contributed by atoms with Crippen molar-refractivity contribution >= 4 is 38.9 Å². The molecule has 0 radical (unpaired) electrons. The van der Waals surface area contributed by atoms with Gasteiger partial charge in [0.25, 0.3) is 5.91 Å². The van der Waals surface area contributed by atoms with Gasteiger partial charge < -0.3 is 9.73 Å². The molecule has 0 spiro atoms. The van der Waals surface area contributed by atoms with Crippen molar-refractivity contribution in [3.8, 4) is 11.3 Å². The molecular weight excluding hydrogens is 444 g/mol. The first-order valence-electron chi connectivity index (χ1n) is 10.0. The zero-order chi connectivity index (χ0) is 23.8. The summed E-state index contributed by atoms with van der Waals surface area (Å²) < 4.78 is 31.4. The molecule has 170 valence electrons. The lowest BCUT2D eigenvalue weighted by Crippen LogP contribution is -2.36. The molecule has 0 saturated heterocycles. The monoisotopic (exact) mass is 466 g/mol.